The summed E-state index contributed by atoms with van der Waals surface area (Å²) in [5, 5.41) is 4.02. The van der Waals surface area contributed by atoms with Crippen LogP contribution in [0.2, 0.25) is 0 Å². The summed E-state index contributed by atoms with van der Waals surface area (Å²) in [7, 11) is 0. The van der Waals surface area contributed by atoms with E-state index in [1.54, 1.807) is 27.7 Å². The summed E-state index contributed by atoms with van der Waals surface area (Å²) in [5.74, 6) is -0.504. The van der Waals surface area contributed by atoms with Crippen LogP contribution in [-0.4, -0.2) is 58.2 Å². The molecular formula is C15H22FN3O4. The van der Waals surface area contributed by atoms with Crippen molar-refractivity contribution in [2.45, 2.75) is 45.5 Å². The van der Waals surface area contributed by atoms with Crippen molar-refractivity contribution in [3.63, 3.8) is 0 Å². The van der Waals surface area contributed by atoms with Crippen LogP contribution in [0.3, 0.4) is 0 Å². The first-order valence-electron chi connectivity index (χ1n) is 7.54. The summed E-state index contributed by atoms with van der Waals surface area (Å²) in [6, 6.07) is -0.648. The molecule has 0 radical (unpaired) electrons. The van der Waals surface area contributed by atoms with Crippen molar-refractivity contribution in [1.82, 2.24) is 14.7 Å². The molecule has 0 bridgehead atoms. The van der Waals surface area contributed by atoms with Crippen LogP contribution in [-0.2, 0) is 9.47 Å². The normalized spacial score (nSPS) is 21.3. The topological polar surface area (TPSA) is 73.7 Å². The monoisotopic (exact) mass is 327 g/mol. The van der Waals surface area contributed by atoms with Gasteiger partial charge in [-0.3, -0.25) is 4.68 Å². The van der Waals surface area contributed by atoms with Gasteiger partial charge in [0.05, 0.1) is 24.9 Å². The predicted molar refractivity (Wildman–Crippen MR) is 79.9 cm³/mol. The van der Waals surface area contributed by atoms with Gasteiger partial charge in [-0.1, -0.05) is 0 Å². The predicted octanol–water partition coefficient (Wildman–Crippen LogP) is 2.19. The Morgan fingerprint density at radius 2 is 2.09 bits per heavy atom. The number of esters is 1. The Hall–Kier alpha value is -2.12. The minimum atomic E-state index is -1.28. The Bertz CT molecular complexity index is 582. The fourth-order valence-electron chi connectivity index (χ4n) is 2.31. The van der Waals surface area contributed by atoms with Gasteiger partial charge in [-0.25, -0.2) is 14.0 Å². The second-order valence-corrected chi connectivity index (χ2v) is 6.40. The van der Waals surface area contributed by atoms with Gasteiger partial charge in [-0.15, -0.1) is 0 Å². The van der Waals surface area contributed by atoms with Crippen molar-refractivity contribution in [2.24, 2.45) is 0 Å². The SMILES string of the molecule is CCOC(=O)c1cnn([C@H]2CN(C(=O)OC(C)(C)C)C[C@@H]2F)c1. The Labute approximate surface area is 134 Å². The molecule has 2 atom stereocenters. The van der Waals surface area contributed by atoms with Crippen LogP contribution in [0.25, 0.3) is 0 Å². The molecule has 7 nitrogen and oxygen atoms in total. The Morgan fingerprint density at radius 3 is 2.70 bits per heavy atom. The highest BCUT2D eigenvalue weighted by atomic mass is 19.1. The van der Waals surface area contributed by atoms with E-state index in [4.69, 9.17) is 9.47 Å². The van der Waals surface area contributed by atoms with Gasteiger partial charge in [0.25, 0.3) is 0 Å². The van der Waals surface area contributed by atoms with Gasteiger partial charge in [-0.05, 0) is 27.7 Å². The van der Waals surface area contributed by atoms with Crippen LogP contribution in [0.4, 0.5) is 9.18 Å². The van der Waals surface area contributed by atoms with E-state index in [0.29, 0.717) is 0 Å². The van der Waals surface area contributed by atoms with Crippen LogP contribution in [0.5, 0.6) is 0 Å². The summed E-state index contributed by atoms with van der Waals surface area (Å²) in [4.78, 5) is 25.0. The van der Waals surface area contributed by atoms with Gasteiger partial charge >= 0.3 is 12.1 Å². The lowest BCUT2D eigenvalue weighted by molar-refractivity contribution is 0.0280. The Kier molecular flexibility index (Phi) is 4.91. The van der Waals surface area contributed by atoms with Crippen LogP contribution in [0, 0.1) is 0 Å². The second-order valence-electron chi connectivity index (χ2n) is 6.40. The minimum Gasteiger partial charge on any atom is -0.462 e. The van der Waals surface area contributed by atoms with Gasteiger partial charge in [0.2, 0.25) is 0 Å². The molecule has 1 saturated heterocycles. The fraction of sp³-hybridized carbons (Fsp3) is 0.667. The molecule has 1 aromatic rings. The highest BCUT2D eigenvalue weighted by Gasteiger charge is 2.39. The molecule has 8 heteroatoms. The smallest absolute Gasteiger partial charge is 0.410 e. The summed E-state index contributed by atoms with van der Waals surface area (Å²) >= 11 is 0. The number of ether oxygens (including phenoxy) is 2. The molecule has 1 aromatic heterocycles. The molecule has 0 spiro atoms. The first-order chi connectivity index (χ1) is 10.7. The van der Waals surface area contributed by atoms with E-state index in [0.717, 1.165) is 0 Å². The number of halogens is 1. The van der Waals surface area contributed by atoms with E-state index in [2.05, 4.69) is 5.10 Å². The molecule has 0 unspecified atom stereocenters. The maximum atomic E-state index is 14.2. The molecule has 1 amide bonds. The number of carbonyl (C=O) groups excluding carboxylic acids is 2. The third kappa shape index (κ3) is 4.20. The second kappa shape index (κ2) is 6.55. The van der Waals surface area contributed by atoms with Crippen molar-refractivity contribution in [3.8, 4) is 0 Å². The summed E-state index contributed by atoms with van der Waals surface area (Å²) in [5.41, 5.74) is -0.376. The summed E-state index contributed by atoms with van der Waals surface area (Å²) in [6.45, 7) is 7.30. The summed E-state index contributed by atoms with van der Waals surface area (Å²) < 4.78 is 25.7. The van der Waals surface area contributed by atoms with E-state index in [1.807, 2.05) is 0 Å². The highest BCUT2D eigenvalue weighted by molar-refractivity contribution is 5.88. The number of alkyl halides is 1. The molecule has 1 fully saturated rings. The number of nitrogens with zero attached hydrogens (tertiary/aromatic N) is 3. The number of aromatic nitrogens is 2. The van der Waals surface area contributed by atoms with Crippen LogP contribution < -0.4 is 0 Å². The van der Waals surface area contributed by atoms with Gasteiger partial charge in [0, 0.05) is 12.7 Å². The first kappa shape index (κ1) is 17.2. The molecule has 0 N–H and O–H groups in total. The average Bonchev–Trinajstić information content (AvgIpc) is 3.03. The molecule has 23 heavy (non-hydrogen) atoms. The molecule has 2 rings (SSSR count). The Morgan fingerprint density at radius 1 is 1.39 bits per heavy atom. The van der Waals surface area contributed by atoms with Crippen molar-refractivity contribution >= 4 is 12.1 Å². The quantitative estimate of drug-likeness (QED) is 0.796. The van der Waals surface area contributed by atoms with Crippen LogP contribution in [0.1, 0.15) is 44.1 Å². The van der Waals surface area contributed by atoms with E-state index >= 15 is 0 Å². The largest absolute Gasteiger partial charge is 0.462 e. The van der Waals surface area contributed by atoms with Crippen LogP contribution >= 0.6 is 0 Å². The third-order valence-corrected chi connectivity index (χ3v) is 3.32. The molecule has 0 aromatic carbocycles. The van der Waals surface area contributed by atoms with Crippen molar-refractivity contribution in [2.75, 3.05) is 19.7 Å². The minimum absolute atomic E-state index is 0.0613. The lowest BCUT2D eigenvalue weighted by Crippen LogP contribution is -2.35. The zero-order valence-electron chi connectivity index (χ0n) is 13.8. The van der Waals surface area contributed by atoms with Gasteiger partial charge in [0.1, 0.15) is 17.8 Å². The zero-order chi connectivity index (χ0) is 17.2. The molecule has 1 aliphatic rings. The molecule has 1 aliphatic heterocycles. The maximum absolute atomic E-state index is 14.2. The van der Waals surface area contributed by atoms with E-state index in [-0.39, 0.29) is 25.3 Å². The van der Waals surface area contributed by atoms with Crippen molar-refractivity contribution in [1.29, 1.82) is 0 Å². The Balaban J connectivity index is 2.04. The number of hydrogen-bond acceptors (Lipinski definition) is 5. The maximum Gasteiger partial charge on any atom is 0.410 e. The number of carbonyl (C=O) groups is 2. The van der Waals surface area contributed by atoms with Crippen molar-refractivity contribution in [3.05, 3.63) is 18.0 Å². The molecular weight excluding hydrogens is 305 g/mol. The van der Waals surface area contributed by atoms with E-state index < -0.39 is 29.9 Å². The molecule has 0 aliphatic carbocycles. The number of likely N-dealkylation sites (tertiary alicyclic amines) is 1. The van der Waals surface area contributed by atoms with E-state index in [9.17, 15) is 14.0 Å². The standard InChI is InChI=1S/C15H22FN3O4/c1-5-22-13(20)10-6-17-19(7-10)12-9-18(8-11(12)16)14(21)23-15(2,3)4/h6-7,11-12H,5,8-9H2,1-4H3/t11-,12-/m0/s1. The lowest BCUT2D eigenvalue weighted by atomic mass is 10.2. The fourth-order valence-corrected chi connectivity index (χ4v) is 2.31. The van der Waals surface area contributed by atoms with Crippen molar-refractivity contribution < 1.29 is 23.5 Å². The van der Waals surface area contributed by atoms with Crippen LogP contribution in [0.15, 0.2) is 12.4 Å². The van der Waals surface area contributed by atoms with Gasteiger partial charge in [-0.2, -0.15) is 5.10 Å². The lowest BCUT2D eigenvalue weighted by Gasteiger charge is -2.24. The first-order valence-corrected chi connectivity index (χ1v) is 7.54. The average molecular weight is 327 g/mol. The number of amides is 1. The third-order valence-electron chi connectivity index (χ3n) is 3.32. The number of hydrogen-bond donors (Lipinski definition) is 0. The highest BCUT2D eigenvalue weighted by Crippen LogP contribution is 2.26. The van der Waals surface area contributed by atoms with Gasteiger partial charge < -0.3 is 14.4 Å². The summed E-state index contributed by atoms with van der Waals surface area (Å²) in [6.07, 6.45) is 0.937. The molecule has 2 heterocycles. The number of rotatable bonds is 3. The van der Waals surface area contributed by atoms with E-state index in [1.165, 1.54) is 22.0 Å². The zero-order valence-corrected chi connectivity index (χ0v) is 13.8. The van der Waals surface area contributed by atoms with Gasteiger partial charge in [0.15, 0.2) is 0 Å². The molecule has 0 saturated carbocycles. The molecule has 128 valence electrons.